The minimum Gasteiger partial charge on any atom is -0.350 e. The molecule has 132 valence electrons. The van der Waals surface area contributed by atoms with Crippen LogP contribution in [-0.2, 0) is 16.1 Å². The second-order valence-electron chi connectivity index (χ2n) is 6.33. The van der Waals surface area contributed by atoms with Crippen LogP contribution in [0.15, 0.2) is 36.7 Å². The molecular weight excluding hydrogens is 343 g/mol. The number of carbonyl (C=O) groups is 2. The minimum atomic E-state index is -0.530. The van der Waals surface area contributed by atoms with Gasteiger partial charge in [0.25, 0.3) is 0 Å². The molecule has 1 fully saturated rings. The molecular formula is C17H19FN4O2S. The Morgan fingerprint density at radius 3 is 2.84 bits per heavy atom. The summed E-state index contributed by atoms with van der Waals surface area (Å²) >= 11 is 1.47. The Morgan fingerprint density at radius 2 is 2.16 bits per heavy atom. The molecule has 1 aliphatic rings. The Kier molecular flexibility index (Phi) is 4.80. The second kappa shape index (κ2) is 6.87. The maximum absolute atomic E-state index is 13.0. The molecule has 0 aliphatic carbocycles. The number of amides is 2. The molecule has 3 rings (SSSR count). The largest absolute Gasteiger partial charge is 0.350 e. The van der Waals surface area contributed by atoms with E-state index in [-0.39, 0.29) is 17.6 Å². The predicted octanol–water partition coefficient (Wildman–Crippen LogP) is 1.64. The quantitative estimate of drug-likeness (QED) is 0.867. The third-order valence-corrected chi connectivity index (χ3v) is 5.38. The summed E-state index contributed by atoms with van der Waals surface area (Å²) in [7, 11) is 0. The van der Waals surface area contributed by atoms with E-state index < -0.39 is 10.8 Å². The van der Waals surface area contributed by atoms with Crippen molar-refractivity contribution in [3.63, 3.8) is 0 Å². The number of aromatic nitrogens is 2. The van der Waals surface area contributed by atoms with Crippen LogP contribution >= 0.6 is 11.8 Å². The van der Waals surface area contributed by atoms with E-state index >= 15 is 0 Å². The number of thioether (sulfide) groups is 1. The Bertz CT molecular complexity index is 788. The van der Waals surface area contributed by atoms with Gasteiger partial charge in [0.1, 0.15) is 11.9 Å². The van der Waals surface area contributed by atoms with Crippen molar-refractivity contribution in [1.29, 1.82) is 0 Å². The van der Waals surface area contributed by atoms with E-state index in [1.54, 1.807) is 29.2 Å². The molecule has 0 bridgehead atoms. The van der Waals surface area contributed by atoms with Crippen LogP contribution in [0.4, 0.5) is 4.39 Å². The van der Waals surface area contributed by atoms with E-state index in [4.69, 9.17) is 0 Å². The minimum absolute atomic E-state index is 0.131. The van der Waals surface area contributed by atoms with E-state index in [1.807, 2.05) is 13.8 Å². The standard InChI is InChI=1S/C17H19FN4O2S/c1-17(2)16(24)21-14(10-25-17)15(23)19-7-11-8-20-22(9-11)13-5-3-12(18)4-6-13/h3-6,8-9,14H,7,10H2,1-2H3,(H,19,23)(H,21,24). The number of hydrogen-bond acceptors (Lipinski definition) is 4. The predicted molar refractivity (Wildman–Crippen MR) is 93.8 cm³/mol. The molecule has 0 spiro atoms. The molecule has 8 heteroatoms. The highest BCUT2D eigenvalue weighted by molar-refractivity contribution is 8.01. The van der Waals surface area contributed by atoms with Gasteiger partial charge in [-0.3, -0.25) is 9.59 Å². The maximum Gasteiger partial charge on any atom is 0.243 e. The zero-order valence-electron chi connectivity index (χ0n) is 14.0. The van der Waals surface area contributed by atoms with Gasteiger partial charge in [0.2, 0.25) is 11.8 Å². The van der Waals surface area contributed by atoms with Gasteiger partial charge in [-0.15, -0.1) is 11.8 Å². The van der Waals surface area contributed by atoms with Crippen LogP contribution in [0.2, 0.25) is 0 Å². The smallest absolute Gasteiger partial charge is 0.243 e. The Labute approximate surface area is 149 Å². The fraction of sp³-hybridized carbons (Fsp3) is 0.353. The van der Waals surface area contributed by atoms with Crippen molar-refractivity contribution in [2.75, 3.05) is 5.75 Å². The van der Waals surface area contributed by atoms with E-state index in [1.165, 1.54) is 23.9 Å². The summed E-state index contributed by atoms with van der Waals surface area (Å²) in [6.45, 7) is 3.98. The van der Waals surface area contributed by atoms with Gasteiger partial charge in [0.15, 0.2) is 0 Å². The number of nitrogens with one attached hydrogen (secondary N) is 2. The van der Waals surface area contributed by atoms with Crippen molar-refractivity contribution in [2.45, 2.75) is 31.2 Å². The molecule has 0 saturated carbocycles. The van der Waals surface area contributed by atoms with Crippen LogP contribution in [-0.4, -0.2) is 38.1 Å². The Balaban J connectivity index is 1.56. The highest BCUT2D eigenvalue weighted by Crippen LogP contribution is 2.28. The van der Waals surface area contributed by atoms with Crippen LogP contribution < -0.4 is 10.6 Å². The van der Waals surface area contributed by atoms with Gasteiger partial charge in [0.05, 0.1) is 16.6 Å². The van der Waals surface area contributed by atoms with Gasteiger partial charge < -0.3 is 10.6 Å². The molecule has 1 aromatic heterocycles. The molecule has 1 atom stereocenters. The van der Waals surface area contributed by atoms with Crippen LogP contribution in [0.3, 0.4) is 0 Å². The summed E-state index contributed by atoms with van der Waals surface area (Å²) in [5.74, 6) is -0.114. The van der Waals surface area contributed by atoms with Gasteiger partial charge in [-0.1, -0.05) is 0 Å². The van der Waals surface area contributed by atoms with E-state index in [0.717, 1.165) is 11.3 Å². The van der Waals surface area contributed by atoms with Crippen molar-refractivity contribution in [3.05, 3.63) is 48.0 Å². The van der Waals surface area contributed by atoms with Crippen molar-refractivity contribution in [1.82, 2.24) is 20.4 Å². The van der Waals surface area contributed by atoms with E-state index in [0.29, 0.717) is 12.3 Å². The molecule has 2 amide bonds. The summed E-state index contributed by atoms with van der Waals surface area (Å²) in [5, 5.41) is 9.77. The van der Waals surface area contributed by atoms with Gasteiger partial charge in [-0.2, -0.15) is 5.10 Å². The molecule has 1 unspecified atom stereocenters. The lowest BCUT2D eigenvalue weighted by Crippen LogP contribution is -2.56. The van der Waals surface area contributed by atoms with Crippen molar-refractivity contribution >= 4 is 23.6 Å². The first-order valence-corrected chi connectivity index (χ1v) is 8.86. The Hall–Kier alpha value is -2.35. The number of hydrogen-bond donors (Lipinski definition) is 2. The van der Waals surface area contributed by atoms with E-state index in [2.05, 4.69) is 15.7 Å². The lowest BCUT2D eigenvalue weighted by Gasteiger charge is -2.32. The summed E-state index contributed by atoms with van der Waals surface area (Å²) in [4.78, 5) is 24.2. The highest BCUT2D eigenvalue weighted by atomic mass is 32.2. The van der Waals surface area contributed by atoms with Crippen molar-refractivity contribution in [3.8, 4) is 5.69 Å². The third kappa shape index (κ3) is 4.01. The van der Waals surface area contributed by atoms with E-state index in [9.17, 15) is 14.0 Å². The number of rotatable bonds is 4. The number of nitrogens with zero attached hydrogens (tertiary/aromatic N) is 2. The fourth-order valence-electron chi connectivity index (χ4n) is 2.37. The maximum atomic E-state index is 13.0. The normalized spacial score (nSPS) is 19.3. The van der Waals surface area contributed by atoms with Crippen LogP contribution in [0, 0.1) is 5.82 Å². The SMILES string of the molecule is CC1(C)SCC(C(=O)NCc2cnn(-c3ccc(F)cc3)c2)NC1=O. The van der Waals surface area contributed by atoms with Gasteiger partial charge in [-0.25, -0.2) is 9.07 Å². The average Bonchev–Trinajstić information content (AvgIpc) is 3.05. The van der Waals surface area contributed by atoms with Crippen molar-refractivity contribution < 1.29 is 14.0 Å². The lowest BCUT2D eigenvalue weighted by molar-refractivity contribution is -0.129. The van der Waals surface area contributed by atoms with Gasteiger partial charge in [-0.05, 0) is 38.1 Å². The molecule has 2 heterocycles. The molecule has 2 N–H and O–H groups in total. The molecule has 1 saturated heterocycles. The lowest BCUT2D eigenvalue weighted by atomic mass is 10.1. The van der Waals surface area contributed by atoms with Crippen LogP contribution in [0.1, 0.15) is 19.4 Å². The van der Waals surface area contributed by atoms with Gasteiger partial charge in [0, 0.05) is 24.1 Å². The molecule has 1 aliphatic heterocycles. The zero-order chi connectivity index (χ0) is 18.0. The van der Waals surface area contributed by atoms with Crippen LogP contribution in [0.5, 0.6) is 0 Å². The third-order valence-electron chi connectivity index (χ3n) is 3.97. The summed E-state index contributed by atoms with van der Waals surface area (Å²) in [6.07, 6.45) is 3.41. The fourth-order valence-corrected chi connectivity index (χ4v) is 3.38. The topological polar surface area (TPSA) is 76.0 Å². The number of carbonyl (C=O) groups excluding carboxylic acids is 2. The first kappa shape index (κ1) is 17.5. The first-order valence-electron chi connectivity index (χ1n) is 7.87. The number of benzene rings is 1. The molecule has 25 heavy (non-hydrogen) atoms. The van der Waals surface area contributed by atoms with Gasteiger partial charge >= 0.3 is 0 Å². The monoisotopic (exact) mass is 362 g/mol. The summed E-state index contributed by atoms with van der Waals surface area (Å²) in [6, 6.07) is 5.45. The zero-order valence-corrected chi connectivity index (χ0v) is 14.8. The Morgan fingerprint density at radius 1 is 1.44 bits per heavy atom. The highest BCUT2D eigenvalue weighted by Gasteiger charge is 2.37. The van der Waals surface area contributed by atoms with Crippen molar-refractivity contribution in [2.24, 2.45) is 0 Å². The molecule has 2 aromatic rings. The number of halogens is 1. The first-order chi connectivity index (χ1) is 11.8. The second-order valence-corrected chi connectivity index (χ2v) is 7.98. The summed E-state index contributed by atoms with van der Waals surface area (Å²) < 4.78 is 14.1. The molecule has 0 radical (unpaired) electrons. The molecule has 6 nitrogen and oxygen atoms in total. The average molecular weight is 362 g/mol. The summed E-state index contributed by atoms with van der Waals surface area (Å²) in [5.41, 5.74) is 1.55. The van der Waals surface area contributed by atoms with Crippen LogP contribution in [0.25, 0.3) is 5.69 Å². The molecule has 1 aromatic carbocycles.